The van der Waals surface area contributed by atoms with Crippen molar-refractivity contribution in [2.45, 2.75) is 44.1 Å². The van der Waals surface area contributed by atoms with Gasteiger partial charge in [-0.15, -0.1) is 0 Å². The molecule has 0 aromatic carbocycles. The lowest BCUT2D eigenvalue weighted by molar-refractivity contribution is -0.149. The van der Waals surface area contributed by atoms with Crippen LogP contribution in [0.4, 0.5) is 0 Å². The predicted molar refractivity (Wildman–Crippen MR) is 57.2 cm³/mol. The molecule has 0 amide bonds. The Labute approximate surface area is 90.8 Å². The summed E-state index contributed by atoms with van der Waals surface area (Å²) in [5.41, 5.74) is 5.79. The number of nitrogens with two attached hydrogens (primary N) is 1. The number of carbonyl (C=O) groups excluding carboxylic acids is 1. The molecule has 1 aliphatic carbocycles. The van der Waals surface area contributed by atoms with Crippen molar-refractivity contribution in [3.05, 3.63) is 0 Å². The molecular weight excluding hydrogens is 194 g/mol. The highest BCUT2D eigenvalue weighted by Crippen LogP contribution is 2.34. The molecule has 0 saturated heterocycles. The van der Waals surface area contributed by atoms with Crippen LogP contribution < -0.4 is 5.73 Å². The Morgan fingerprint density at radius 3 is 2.53 bits per heavy atom. The minimum absolute atomic E-state index is 0.0152. The largest absolute Gasteiger partial charge is 0.469 e. The maximum absolute atomic E-state index is 11.6. The molecule has 0 radical (unpaired) electrons. The van der Waals surface area contributed by atoms with Gasteiger partial charge in [0.15, 0.2) is 0 Å². The standard InChI is InChI=1S/C11H21NO3/c1-15-10(14)9(5-8-13)11(12)6-3-2-4-7-11/h9,13H,2-8,12H2,1H3. The van der Waals surface area contributed by atoms with Gasteiger partial charge < -0.3 is 15.6 Å². The molecule has 0 bridgehead atoms. The first-order chi connectivity index (χ1) is 7.14. The smallest absolute Gasteiger partial charge is 0.310 e. The van der Waals surface area contributed by atoms with E-state index in [2.05, 4.69) is 0 Å². The second-order valence-corrected chi connectivity index (χ2v) is 4.38. The molecule has 0 aromatic heterocycles. The average Bonchev–Trinajstić information content (AvgIpc) is 2.25. The molecule has 1 saturated carbocycles. The Hall–Kier alpha value is -0.610. The summed E-state index contributed by atoms with van der Waals surface area (Å²) in [6, 6.07) is 0. The molecule has 1 fully saturated rings. The lowest BCUT2D eigenvalue weighted by Gasteiger charge is -2.38. The van der Waals surface area contributed by atoms with Gasteiger partial charge in [-0.05, 0) is 19.3 Å². The molecular formula is C11H21NO3. The Morgan fingerprint density at radius 2 is 2.07 bits per heavy atom. The first kappa shape index (κ1) is 12.5. The van der Waals surface area contributed by atoms with Gasteiger partial charge in [0.05, 0.1) is 13.0 Å². The van der Waals surface area contributed by atoms with Gasteiger partial charge in [-0.25, -0.2) is 0 Å². The third-order valence-electron chi connectivity index (χ3n) is 3.38. The van der Waals surface area contributed by atoms with Crippen LogP contribution in [-0.4, -0.2) is 30.3 Å². The Balaban J connectivity index is 2.71. The Kier molecular flexibility index (Phi) is 4.54. The molecule has 0 heterocycles. The van der Waals surface area contributed by atoms with E-state index < -0.39 is 5.54 Å². The van der Waals surface area contributed by atoms with Gasteiger partial charge in [0.25, 0.3) is 0 Å². The highest BCUT2D eigenvalue weighted by molar-refractivity contribution is 5.74. The van der Waals surface area contributed by atoms with E-state index in [-0.39, 0.29) is 18.5 Å². The zero-order valence-corrected chi connectivity index (χ0v) is 9.37. The normalized spacial score (nSPS) is 22.1. The van der Waals surface area contributed by atoms with Crippen LogP contribution in [0.5, 0.6) is 0 Å². The quantitative estimate of drug-likeness (QED) is 0.681. The molecule has 4 heteroatoms. The van der Waals surface area contributed by atoms with Crippen LogP contribution in [0.2, 0.25) is 0 Å². The van der Waals surface area contributed by atoms with Crippen molar-refractivity contribution in [3.63, 3.8) is 0 Å². The number of esters is 1. The topological polar surface area (TPSA) is 72.5 Å². The van der Waals surface area contributed by atoms with Crippen molar-refractivity contribution in [1.82, 2.24) is 0 Å². The summed E-state index contributed by atoms with van der Waals surface area (Å²) < 4.78 is 4.75. The second kappa shape index (κ2) is 5.47. The Morgan fingerprint density at radius 1 is 1.47 bits per heavy atom. The van der Waals surface area contributed by atoms with Gasteiger partial charge in [-0.2, -0.15) is 0 Å². The van der Waals surface area contributed by atoms with Crippen molar-refractivity contribution in [2.24, 2.45) is 11.7 Å². The summed E-state index contributed by atoms with van der Waals surface area (Å²) in [5.74, 6) is -0.638. The highest BCUT2D eigenvalue weighted by atomic mass is 16.5. The molecule has 1 aliphatic rings. The van der Waals surface area contributed by atoms with Crippen LogP contribution in [0.3, 0.4) is 0 Å². The second-order valence-electron chi connectivity index (χ2n) is 4.38. The van der Waals surface area contributed by atoms with Gasteiger partial charge in [-0.1, -0.05) is 19.3 Å². The van der Waals surface area contributed by atoms with Crippen molar-refractivity contribution in [1.29, 1.82) is 0 Å². The average molecular weight is 215 g/mol. The zero-order valence-electron chi connectivity index (χ0n) is 9.37. The SMILES string of the molecule is COC(=O)C(CCO)C1(N)CCCCC1. The molecule has 1 rings (SSSR count). The van der Waals surface area contributed by atoms with Gasteiger partial charge >= 0.3 is 5.97 Å². The van der Waals surface area contributed by atoms with E-state index in [4.69, 9.17) is 15.6 Å². The van der Waals surface area contributed by atoms with E-state index in [1.165, 1.54) is 13.5 Å². The van der Waals surface area contributed by atoms with E-state index in [1.54, 1.807) is 0 Å². The molecule has 3 N–H and O–H groups in total. The van der Waals surface area contributed by atoms with Crippen LogP contribution in [0, 0.1) is 5.92 Å². The monoisotopic (exact) mass is 215 g/mol. The van der Waals surface area contributed by atoms with Crippen LogP contribution >= 0.6 is 0 Å². The summed E-state index contributed by atoms with van der Waals surface area (Å²) in [6.45, 7) is -0.0152. The summed E-state index contributed by atoms with van der Waals surface area (Å²) in [5, 5.41) is 8.96. The molecule has 0 spiro atoms. The number of rotatable bonds is 4. The van der Waals surface area contributed by atoms with Crippen LogP contribution in [0.1, 0.15) is 38.5 Å². The molecule has 0 aliphatic heterocycles. The summed E-state index contributed by atoms with van der Waals surface area (Å²) in [7, 11) is 1.37. The van der Waals surface area contributed by atoms with Gasteiger partial charge in [0.2, 0.25) is 0 Å². The maximum Gasteiger partial charge on any atom is 0.310 e. The van der Waals surface area contributed by atoms with Crippen molar-refractivity contribution >= 4 is 5.97 Å². The van der Waals surface area contributed by atoms with E-state index in [9.17, 15) is 4.79 Å². The minimum Gasteiger partial charge on any atom is -0.469 e. The van der Waals surface area contributed by atoms with Crippen LogP contribution in [0.15, 0.2) is 0 Å². The molecule has 88 valence electrons. The molecule has 1 atom stereocenters. The molecule has 15 heavy (non-hydrogen) atoms. The lowest BCUT2D eigenvalue weighted by atomic mass is 9.72. The van der Waals surface area contributed by atoms with E-state index >= 15 is 0 Å². The van der Waals surface area contributed by atoms with Crippen molar-refractivity contribution < 1.29 is 14.6 Å². The lowest BCUT2D eigenvalue weighted by Crippen LogP contribution is -2.52. The first-order valence-corrected chi connectivity index (χ1v) is 5.61. The number of ether oxygens (including phenoxy) is 1. The number of aliphatic hydroxyl groups excluding tert-OH is 1. The number of hydrogen-bond acceptors (Lipinski definition) is 4. The third-order valence-corrected chi connectivity index (χ3v) is 3.38. The number of hydrogen-bond donors (Lipinski definition) is 2. The Bertz CT molecular complexity index is 212. The molecule has 4 nitrogen and oxygen atoms in total. The maximum atomic E-state index is 11.6. The zero-order chi connectivity index (χ0) is 11.3. The van der Waals surface area contributed by atoms with E-state index in [0.29, 0.717) is 6.42 Å². The molecule has 0 aromatic rings. The highest BCUT2D eigenvalue weighted by Gasteiger charge is 2.40. The third kappa shape index (κ3) is 2.92. The van der Waals surface area contributed by atoms with Crippen molar-refractivity contribution in [2.75, 3.05) is 13.7 Å². The predicted octanol–water partition coefficient (Wildman–Crippen LogP) is 0.820. The number of methoxy groups -OCH3 is 1. The first-order valence-electron chi connectivity index (χ1n) is 5.61. The minimum atomic E-state index is -0.464. The van der Waals surface area contributed by atoms with Gasteiger partial charge in [-0.3, -0.25) is 4.79 Å². The number of carbonyl (C=O) groups is 1. The fourth-order valence-electron chi connectivity index (χ4n) is 2.47. The summed E-state index contributed by atoms with van der Waals surface area (Å²) in [6.07, 6.45) is 5.43. The fraction of sp³-hybridized carbons (Fsp3) is 0.909. The van der Waals surface area contributed by atoms with Crippen LogP contribution in [0.25, 0.3) is 0 Å². The summed E-state index contributed by atoms with van der Waals surface area (Å²) >= 11 is 0. The summed E-state index contributed by atoms with van der Waals surface area (Å²) in [4.78, 5) is 11.6. The van der Waals surface area contributed by atoms with Crippen molar-refractivity contribution in [3.8, 4) is 0 Å². The fourth-order valence-corrected chi connectivity index (χ4v) is 2.47. The van der Waals surface area contributed by atoms with E-state index in [0.717, 1.165) is 25.7 Å². The molecule has 1 unspecified atom stereocenters. The van der Waals surface area contributed by atoms with Gasteiger partial charge in [0.1, 0.15) is 0 Å². The van der Waals surface area contributed by atoms with Gasteiger partial charge in [0, 0.05) is 12.1 Å². The van der Waals surface area contributed by atoms with Crippen LogP contribution in [-0.2, 0) is 9.53 Å². The van der Waals surface area contributed by atoms with E-state index in [1.807, 2.05) is 0 Å². The number of aliphatic hydroxyl groups is 1.